The van der Waals surface area contributed by atoms with Gasteiger partial charge in [-0.1, -0.05) is 6.92 Å². The third-order valence-corrected chi connectivity index (χ3v) is 6.48. The highest BCUT2D eigenvalue weighted by molar-refractivity contribution is 5.37. The van der Waals surface area contributed by atoms with E-state index in [9.17, 15) is 8.78 Å². The number of hydrogen-bond acceptors (Lipinski definition) is 3. The molecule has 3 nitrogen and oxygen atoms in total. The Labute approximate surface area is 167 Å². The van der Waals surface area contributed by atoms with Crippen LogP contribution in [-0.4, -0.2) is 19.3 Å². The molecule has 0 amide bonds. The van der Waals surface area contributed by atoms with Crippen molar-refractivity contribution in [3.05, 3.63) is 29.3 Å². The van der Waals surface area contributed by atoms with Crippen LogP contribution in [0.3, 0.4) is 0 Å². The molecule has 0 atom stereocenters. The predicted molar refractivity (Wildman–Crippen MR) is 104 cm³/mol. The van der Waals surface area contributed by atoms with E-state index in [1.807, 2.05) is 0 Å². The zero-order valence-corrected chi connectivity index (χ0v) is 16.8. The normalized spacial score (nSPS) is 27.9. The van der Waals surface area contributed by atoms with Gasteiger partial charge in [0.1, 0.15) is 6.07 Å². The molecule has 0 unspecified atom stereocenters. The molecule has 0 radical (unpaired) electrons. The largest absolute Gasteiger partial charge is 0.490 e. The fourth-order valence-corrected chi connectivity index (χ4v) is 4.77. The first-order valence-corrected chi connectivity index (χ1v) is 10.7. The van der Waals surface area contributed by atoms with Gasteiger partial charge in [0.15, 0.2) is 11.6 Å². The average Bonchev–Trinajstić information content (AvgIpc) is 2.74. The third kappa shape index (κ3) is 5.23. The van der Waals surface area contributed by atoms with Gasteiger partial charge in [0, 0.05) is 6.61 Å². The second kappa shape index (κ2) is 10.2. The van der Waals surface area contributed by atoms with Gasteiger partial charge in [0.25, 0.3) is 0 Å². The van der Waals surface area contributed by atoms with Crippen molar-refractivity contribution in [2.24, 2.45) is 17.8 Å². The number of nitrogens with zero attached hydrogens (tertiary/aromatic N) is 1. The first-order chi connectivity index (χ1) is 13.6. The molecule has 3 rings (SSSR count). The van der Waals surface area contributed by atoms with Gasteiger partial charge in [-0.05, 0) is 87.7 Å². The lowest BCUT2D eigenvalue weighted by Crippen LogP contribution is -2.29. The van der Waals surface area contributed by atoms with E-state index in [-0.39, 0.29) is 11.3 Å². The molecule has 0 bridgehead atoms. The minimum Gasteiger partial charge on any atom is -0.490 e. The zero-order valence-electron chi connectivity index (χ0n) is 16.8. The minimum atomic E-state index is -1.12. The number of halogens is 2. The zero-order chi connectivity index (χ0) is 19.9. The van der Waals surface area contributed by atoms with E-state index in [2.05, 4.69) is 6.92 Å². The first-order valence-electron chi connectivity index (χ1n) is 10.7. The van der Waals surface area contributed by atoms with E-state index in [4.69, 9.17) is 14.7 Å². The molecule has 0 N–H and O–H groups in total. The molecule has 0 aromatic heterocycles. The van der Waals surface area contributed by atoms with E-state index in [1.54, 1.807) is 6.07 Å². The maximum absolute atomic E-state index is 14.0. The maximum Gasteiger partial charge on any atom is 0.201 e. The highest BCUT2D eigenvalue weighted by atomic mass is 19.2. The van der Waals surface area contributed by atoms with Crippen molar-refractivity contribution >= 4 is 0 Å². The molecule has 2 fully saturated rings. The van der Waals surface area contributed by atoms with Crippen LogP contribution >= 0.6 is 0 Å². The van der Waals surface area contributed by atoms with Crippen LogP contribution in [0.1, 0.15) is 70.3 Å². The van der Waals surface area contributed by atoms with E-state index in [1.165, 1.54) is 50.7 Å². The van der Waals surface area contributed by atoms with Crippen LogP contribution < -0.4 is 4.74 Å². The fourth-order valence-electron chi connectivity index (χ4n) is 4.77. The molecule has 2 saturated carbocycles. The van der Waals surface area contributed by atoms with Crippen LogP contribution in [0.15, 0.2) is 12.1 Å². The Morgan fingerprint density at radius 1 is 0.964 bits per heavy atom. The van der Waals surface area contributed by atoms with Crippen molar-refractivity contribution in [3.63, 3.8) is 0 Å². The lowest BCUT2D eigenvalue weighted by Gasteiger charge is -2.37. The van der Waals surface area contributed by atoms with Gasteiger partial charge in [-0.25, -0.2) is 4.39 Å². The molecular formula is C23H31F2NO2. The number of nitriles is 1. The second-order valence-electron chi connectivity index (χ2n) is 8.35. The molecule has 28 heavy (non-hydrogen) atoms. The topological polar surface area (TPSA) is 42.2 Å². The summed E-state index contributed by atoms with van der Waals surface area (Å²) in [4.78, 5) is 0. The Morgan fingerprint density at radius 3 is 2.21 bits per heavy atom. The summed E-state index contributed by atoms with van der Waals surface area (Å²) in [6.45, 7) is 3.44. The lowest BCUT2D eigenvalue weighted by molar-refractivity contribution is 0.00664. The fraction of sp³-hybridized carbons (Fsp3) is 0.696. The van der Waals surface area contributed by atoms with Crippen molar-refractivity contribution < 1.29 is 18.3 Å². The van der Waals surface area contributed by atoms with E-state index in [0.717, 1.165) is 37.7 Å². The molecule has 0 spiro atoms. The molecule has 1 aromatic carbocycles. The van der Waals surface area contributed by atoms with Gasteiger partial charge in [-0.2, -0.15) is 9.65 Å². The van der Waals surface area contributed by atoms with Crippen LogP contribution in [0.5, 0.6) is 5.75 Å². The van der Waals surface area contributed by atoms with Crippen molar-refractivity contribution in [2.75, 3.05) is 13.2 Å². The minimum absolute atomic E-state index is 0.0935. The molecular weight excluding hydrogens is 360 g/mol. The van der Waals surface area contributed by atoms with Crippen molar-refractivity contribution in [1.29, 1.82) is 5.26 Å². The van der Waals surface area contributed by atoms with Crippen molar-refractivity contribution in [2.45, 2.75) is 70.8 Å². The summed E-state index contributed by atoms with van der Waals surface area (Å²) in [6.07, 6.45) is 11.0. The molecule has 5 heteroatoms. The second-order valence-corrected chi connectivity index (χ2v) is 8.35. The van der Waals surface area contributed by atoms with E-state index >= 15 is 0 Å². The van der Waals surface area contributed by atoms with Crippen LogP contribution in [-0.2, 0) is 4.74 Å². The summed E-state index contributed by atoms with van der Waals surface area (Å²) in [6, 6.07) is 4.26. The Hall–Kier alpha value is -1.67. The molecule has 154 valence electrons. The summed E-state index contributed by atoms with van der Waals surface area (Å²) in [5.74, 6) is -0.291. The Balaban J connectivity index is 1.40. The van der Waals surface area contributed by atoms with Gasteiger partial charge in [-0.3, -0.25) is 0 Å². The molecule has 1 aromatic rings. The molecule has 0 heterocycles. The number of benzene rings is 1. The van der Waals surface area contributed by atoms with Gasteiger partial charge < -0.3 is 9.47 Å². The molecule has 2 aliphatic carbocycles. The number of hydrogen-bond donors (Lipinski definition) is 0. The maximum atomic E-state index is 14.0. The summed E-state index contributed by atoms with van der Waals surface area (Å²) in [5.41, 5.74) is -0.292. The van der Waals surface area contributed by atoms with Gasteiger partial charge in [0.2, 0.25) is 5.82 Å². The van der Waals surface area contributed by atoms with E-state index in [0.29, 0.717) is 18.6 Å². The summed E-state index contributed by atoms with van der Waals surface area (Å²) < 4.78 is 39.1. The van der Waals surface area contributed by atoms with Gasteiger partial charge in [-0.15, -0.1) is 0 Å². The predicted octanol–water partition coefficient (Wildman–Crippen LogP) is 6.01. The smallest absolute Gasteiger partial charge is 0.201 e. The highest BCUT2D eigenvalue weighted by Crippen LogP contribution is 2.40. The van der Waals surface area contributed by atoms with Crippen LogP contribution in [0.2, 0.25) is 0 Å². The van der Waals surface area contributed by atoms with Crippen LogP contribution in [0, 0.1) is 40.7 Å². The number of rotatable bonds is 7. The summed E-state index contributed by atoms with van der Waals surface area (Å²) >= 11 is 0. The molecule has 0 saturated heterocycles. The average molecular weight is 392 g/mol. The van der Waals surface area contributed by atoms with Crippen LogP contribution in [0.4, 0.5) is 8.78 Å². The van der Waals surface area contributed by atoms with Crippen LogP contribution in [0.25, 0.3) is 0 Å². The SMILES string of the molecule is CCCOC1CCC(C2CCC(COc3ccc(C#N)c(F)c3F)CC2)CC1. The highest BCUT2D eigenvalue weighted by Gasteiger charge is 2.31. The Kier molecular flexibility index (Phi) is 7.67. The summed E-state index contributed by atoms with van der Waals surface area (Å²) in [7, 11) is 0. The molecule has 2 aliphatic rings. The number of ether oxygens (including phenoxy) is 2. The summed E-state index contributed by atoms with van der Waals surface area (Å²) in [5, 5.41) is 8.75. The van der Waals surface area contributed by atoms with Gasteiger partial charge >= 0.3 is 0 Å². The third-order valence-electron chi connectivity index (χ3n) is 6.48. The van der Waals surface area contributed by atoms with Crippen molar-refractivity contribution in [1.82, 2.24) is 0 Å². The Bertz CT molecular complexity index is 672. The quantitative estimate of drug-likeness (QED) is 0.572. The molecule has 0 aliphatic heterocycles. The first kappa shape index (κ1) is 21.0. The van der Waals surface area contributed by atoms with Crippen molar-refractivity contribution in [3.8, 4) is 11.8 Å². The standard InChI is InChI=1S/C23H31F2NO2/c1-2-13-27-20-10-7-18(8-11-20)17-5-3-16(4-6-17)15-28-21-12-9-19(14-26)22(24)23(21)25/h9,12,16-18,20H,2-8,10-11,13,15H2,1H3. The Morgan fingerprint density at radius 2 is 1.61 bits per heavy atom. The van der Waals surface area contributed by atoms with E-state index < -0.39 is 11.6 Å². The monoisotopic (exact) mass is 391 g/mol. The van der Waals surface area contributed by atoms with Gasteiger partial charge in [0.05, 0.1) is 18.3 Å². The lowest BCUT2D eigenvalue weighted by atomic mass is 9.71.